The fourth-order valence-corrected chi connectivity index (χ4v) is 2.53. The summed E-state index contributed by atoms with van der Waals surface area (Å²) in [5, 5.41) is 3.62. The van der Waals surface area contributed by atoms with Crippen molar-refractivity contribution in [3.05, 3.63) is 24.0 Å². The van der Waals surface area contributed by atoms with Gasteiger partial charge in [0.1, 0.15) is 0 Å². The van der Waals surface area contributed by atoms with Crippen molar-refractivity contribution in [3.8, 4) is 0 Å². The molecule has 3 nitrogen and oxygen atoms in total. The molecule has 2 unspecified atom stereocenters. The Kier molecular flexibility index (Phi) is 4.00. The molecular formula is C14H23N3. The Balaban J connectivity index is 2.12. The van der Waals surface area contributed by atoms with E-state index in [-0.39, 0.29) is 0 Å². The molecule has 1 aliphatic rings. The fraction of sp³-hybridized carbons (Fsp3) is 0.643. The van der Waals surface area contributed by atoms with Gasteiger partial charge in [0, 0.05) is 31.4 Å². The second kappa shape index (κ2) is 5.50. The summed E-state index contributed by atoms with van der Waals surface area (Å²) >= 11 is 0. The van der Waals surface area contributed by atoms with Gasteiger partial charge in [-0.3, -0.25) is 4.98 Å². The number of hydrogen-bond acceptors (Lipinski definition) is 3. The summed E-state index contributed by atoms with van der Waals surface area (Å²) in [4.78, 5) is 6.79. The van der Waals surface area contributed by atoms with Crippen molar-refractivity contribution in [2.24, 2.45) is 0 Å². The van der Waals surface area contributed by atoms with Gasteiger partial charge in [0.25, 0.3) is 0 Å². The molecule has 1 aromatic rings. The van der Waals surface area contributed by atoms with E-state index in [1.807, 2.05) is 12.4 Å². The number of aryl methyl sites for hydroxylation is 1. The van der Waals surface area contributed by atoms with E-state index in [9.17, 15) is 0 Å². The molecular weight excluding hydrogens is 210 g/mol. The van der Waals surface area contributed by atoms with Crippen LogP contribution in [0.2, 0.25) is 0 Å². The quantitative estimate of drug-likeness (QED) is 0.868. The summed E-state index contributed by atoms with van der Waals surface area (Å²) in [6, 6.07) is 3.40. The average molecular weight is 233 g/mol. The maximum Gasteiger partial charge on any atom is 0.0558 e. The van der Waals surface area contributed by atoms with E-state index in [0.717, 1.165) is 13.1 Å². The maximum absolute atomic E-state index is 4.30. The summed E-state index contributed by atoms with van der Waals surface area (Å²) in [5.74, 6) is 0. The number of rotatable bonds is 3. The second-order valence-corrected chi connectivity index (χ2v) is 5.12. The minimum absolute atomic E-state index is 0.548. The third-order valence-corrected chi connectivity index (χ3v) is 3.48. The van der Waals surface area contributed by atoms with Crippen LogP contribution < -0.4 is 10.2 Å². The number of anilines is 1. The summed E-state index contributed by atoms with van der Waals surface area (Å²) < 4.78 is 0. The minimum Gasteiger partial charge on any atom is -0.365 e. The topological polar surface area (TPSA) is 28.2 Å². The highest BCUT2D eigenvalue weighted by Crippen LogP contribution is 2.20. The number of pyridine rings is 1. The number of nitrogens with one attached hydrogen (secondary N) is 1. The zero-order valence-corrected chi connectivity index (χ0v) is 11.1. The van der Waals surface area contributed by atoms with Gasteiger partial charge in [-0.1, -0.05) is 13.3 Å². The van der Waals surface area contributed by atoms with Gasteiger partial charge in [-0.2, -0.15) is 0 Å². The third-order valence-electron chi connectivity index (χ3n) is 3.48. The van der Waals surface area contributed by atoms with Crippen LogP contribution >= 0.6 is 0 Å². The van der Waals surface area contributed by atoms with Crippen molar-refractivity contribution in [1.29, 1.82) is 0 Å². The van der Waals surface area contributed by atoms with Gasteiger partial charge in [0.05, 0.1) is 11.9 Å². The molecule has 1 aliphatic heterocycles. The van der Waals surface area contributed by atoms with E-state index in [2.05, 4.69) is 42.0 Å². The molecule has 17 heavy (non-hydrogen) atoms. The highest BCUT2D eigenvalue weighted by atomic mass is 15.2. The highest BCUT2D eigenvalue weighted by molar-refractivity contribution is 5.47. The lowest BCUT2D eigenvalue weighted by Gasteiger charge is -2.40. The summed E-state index contributed by atoms with van der Waals surface area (Å²) in [6.45, 7) is 8.79. The van der Waals surface area contributed by atoms with Gasteiger partial charge in [-0.05, 0) is 31.9 Å². The summed E-state index contributed by atoms with van der Waals surface area (Å²) in [6.07, 6.45) is 6.39. The maximum atomic E-state index is 4.30. The molecule has 0 radical (unpaired) electrons. The van der Waals surface area contributed by atoms with Crippen LogP contribution in [-0.2, 0) is 0 Å². The summed E-state index contributed by atoms with van der Waals surface area (Å²) in [5.41, 5.74) is 2.50. The lowest BCUT2D eigenvalue weighted by atomic mass is 10.1. The first-order valence-electron chi connectivity index (χ1n) is 6.62. The van der Waals surface area contributed by atoms with E-state index in [1.54, 1.807) is 0 Å². The van der Waals surface area contributed by atoms with Gasteiger partial charge < -0.3 is 10.2 Å². The monoisotopic (exact) mass is 233 g/mol. The van der Waals surface area contributed by atoms with Crippen molar-refractivity contribution >= 4 is 5.69 Å². The molecule has 0 aliphatic carbocycles. The lowest BCUT2D eigenvalue weighted by Crippen LogP contribution is -2.55. The largest absolute Gasteiger partial charge is 0.365 e. The zero-order valence-electron chi connectivity index (χ0n) is 11.1. The molecule has 0 saturated carbocycles. The van der Waals surface area contributed by atoms with Crippen molar-refractivity contribution in [2.45, 2.75) is 45.7 Å². The average Bonchev–Trinajstić information content (AvgIpc) is 2.32. The van der Waals surface area contributed by atoms with Crippen LogP contribution in [0.25, 0.3) is 0 Å². The number of piperazine rings is 1. The Labute approximate surface area is 104 Å². The van der Waals surface area contributed by atoms with Crippen LogP contribution in [0.3, 0.4) is 0 Å². The molecule has 0 bridgehead atoms. The Morgan fingerprint density at radius 3 is 3.00 bits per heavy atom. The first-order valence-corrected chi connectivity index (χ1v) is 6.62. The van der Waals surface area contributed by atoms with Crippen LogP contribution in [0.5, 0.6) is 0 Å². The van der Waals surface area contributed by atoms with Gasteiger partial charge in [0.2, 0.25) is 0 Å². The van der Waals surface area contributed by atoms with Crippen molar-refractivity contribution in [1.82, 2.24) is 10.3 Å². The Morgan fingerprint density at radius 2 is 2.29 bits per heavy atom. The predicted molar refractivity (Wildman–Crippen MR) is 72.5 cm³/mol. The van der Waals surface area contributed by atoms with Gasteiger partial charge in [-0.15, -0.1) is 0 Å². The van der Waals surface area contributed by atoms with E-state index in [4.69, 9.17) is 0 Å². The number of hydrogen-bond donors (Lipinski definition) is 1. The molecule has 0 spiro atoms. The molecule has 0 aromatic carbocycles. The smallest absolute Gasteiger partial charge is 0.0558 e. The molecule has 2 heterocycles. The molecule has 94 valence electrons. The van der Waals surface area contributed by atoms with Gasteiger partial charge >= 0.3 is 0 Å². The first-order chi connectivity index (χ1) is 8.20. The normalized spacial score (nSPS) is 25.0. The molecule has 0 amide bonds. The number of aromatic nitrogens is 1. The van der Waals surface area contributed by atoms with Crippen LogP contribution in [-0.4, -0.2) is 30.2 Å². The zero-order chi connectivity index (χ0) is 12.3. The van der Waals surface area contributed by atoms with Crippen LogP contribution in [0.4, 0.5) is 5.69 Å². The number of nitrogens with zero attached hydrogens (tertiary/aromatic N) is 2. The fourth-order valence-electron chi connectivity index (χ4n) is 2.53. The van der Waals surface area contributed by atoms with Crippen molar-refractivity contribution in [2.75, 3.05) is 18.0 Å². The minimum atomic E-state index is 0.548. The van der Waals surface area contributed by atoms with Gasteiger partial charge in [-0.25, -0.2) is 0 Å². The molecule has 1 fully saturated rings. The van der Waals surface area contributed by atoms with Gasteiger partial charge in [0.15, 0.2) is 0 Å². The Hall–Kier alpha value is -1.09. The van der Waals surface area contributed by atoms with E-state index in [1.165, 1.54) is 24.1 Å². The van der Waals surface area contributed by atoms with E-state index in [0.29, 0.717) is 12.1 Å². The Bertz CT molecular complexity index is 364. The SMILES string of the molecule is CCCC1CN(c2cncc(C)c2)C(C)CN1. The van der Waals surface area contributed by atoms with E-state index >= 15 is 0 Å². The summed E-state index contributed by atoms with van der Waals surface area (Å²) in [7, 11) is 0. The molecule has 1 aromatic heterocycles. The van der Waals surface area contributed by atoms with Crippen LogP contribution in [0.15, 0.2) is 18.5 Å². The third kappa shape index (κ3) is 2.97. The molecule has 1 N–H and O–H groups in total. The molecule has 2 atom stereocenters. The first kappa shape index (κ1) is 12.4. The van der Waals surface area contributed by atoms with Crippen molar-refractivity contribution < 1.29 is 0 Å². The lowest BCUT2D eigenvalue weighted by molar-refractivity contribution is 0.386. The van der Waals surface area contributed by atoms with Crippen LogP contribution in [0.1, 0.15) is 32.3 Å². The van der Waals surface area contributed by atoms with Crippen LogP contribution in [0, 0.1) is 6.92 Å². The molecule has 1 saturated heterocycles. The highest BCUT2D eigenvalue weighted by Gasteiger charge is 2.24. The predicted octanol–water partition coefficient (Wildman–Crippen LogP) is 2.36. The molecule has 3 heteroatoms. The second-order valence-electron chi connectivity index (χ2n) is 5.12. The van der Waals surface area contributed by atoms with Crippen molar-refractivity contribution in [3.63, 3.8) is 0 Å². The van der Waals surface area contributed by atoms with E-state index < -0.39 is 0 Å². The molecule has 2 rings (SSSR count). The Morgan fingerprint density at radius 1 is 1.47 bits per heavy atom. The standard InChI is InChI=1S/C14H23N3/c1-4-5-13-10-17(12(3)8-16-13)14-6-11(2)7-15-9-14/h6-7,9,12-13,16H,4-5,8,10H2,1-3H3.